The van der Waals surface area contributed by atoms with Gasteiger partial charge in [0, 0.05) is 37.4 Å². The van der Waals surface area contributed by atoms with Gasteiger partial charge < -0.3 is 9.13 Å². The lowest BCUT2D eigenvalue weighted by atomic mass is 10.0. The highest BCUT2D eigenvalue weighted by Crippen LogP contribution is 2.39. The normalized spacial score (nSPS) is 12.1. The number of rotatable bonds is 4. The van der Waals surface area contributed by atoms with Gasteiger partial charge in [0.25, 0.3) is 0 Å². The van der Waals surface area contributed by atoms with Crippen molar-refractivity contribution in [2.24, 2.45) is 21.1 Å². The molecule has 7 aromatic rings. The molecule has 0 N–H and O–H groups in total. The molecule has 51 heavy (non-hydrogen) atoms. The molecule has 9 rings (SSSR count). The summed E-state index contributed by atoms with van der Waals surface area (Å²) >= 11 is 0. The monoisotopic (exact) mass is 657 g/mol. The number of nitrogens with zero attached hydrogens (tertiary/aromatic N) is 4. The van der Waals surface area contributed by atoms with Crippen molar-refractivity contribution in [1.82, 2.24) is 14.1 Å². The van der Waals surface area contributed by atoms with Gasteiger partial charge in [0.05, 0.1) is 44.6 Å². The highest BCUT2D eigenvalue weighted by Gasteiger charge is 2.27. The molecular weight excluding hydrogens is 621 g/mol. The van der Waals surface area contributed by atoms with Crippen molar-refractivity contribution < 1.29 is 4.57 Å². The van der Waals surface area contributed by atoms with E-state index in [4.69, 9.17) is 4.98 Å². The molecule has 5 heterocycles. The lowest BCUT2D eigenvalue weighted by Gasteiger charge is -2.11. The maximum absolute atomic E-state index is 5.47. The van der Waals surface area contributed by atoms with Gasteiger partial charge in [-0.25, -0.2) is 4.98 Å². The summed E-state index contributed by atoms with van der Waals surface area (Å²) in [5.74, 6) is 0. The molecular formula is C47H37N4+. The number of aromatic nitrogens is 4. The average molecular weight is 658 g/mol. The average Bonchev–Trinajstić information content (AvgIpc) is 3.97. The van der Waals surface area contributed by atoms with Gasteiger partial charge in [-0.05, 0) is 58.7 Å². The van der Waals surface area contributed by atoms with Crippen LogP contribution in [0.1, 0.15) is 22.8 Å². The van der Waals surface area contributed by atoms with Crippen LogP contribution >= 0.6 is 0 Å². The van der Waals surface area contributed by atoms with Crippen LogP contribution in [-0.2, 0) is 21.1 Å². The largest absolute Gasteiger partial charge is 0.343 e. The zero-order chi connectivity index (χ0) is 34.5. The molecule has 0 spiro atoms. The molecule has 4 nitrogen and oxygen atoms in total. The maximum Gasteiger partial charge on any atom is 0.215 e. The Morgan fingerprint density at radius 3 is 1.18 bits per heavy atom. The molecule has 4 heteroatoms. The highest BCUT2D eigenvalue weighted by atomic mass is 15.0. The second-order valence-electron chi connectivity index (χ2n) is 13.2. The van der Waals surface area contributed by atoms with Crippen molar-refractivity contribution in [2.45, 2.75) is 0 Å². The van der Waals surface area contributed by atoms with Crippen LogP contribution in [-0.4, -0.2) is 14.1 Å². The highest BCUT2D eigenvalue weighted by molar-refractivity contribution is 6.00. The van der Waals surface area contributed by atoms with Gasteiger partial charge >= 0.3 is 0 Å². The first kappa shape index (κ1) is 30.5. The van der Waals surface area contributed by atoms with Gasteiger partial charge in [-0.3, -0.25) is 0 Å². The number of benzene rings is 4. The van der Waals surface area contributed by atoms with Crippen LogP contribution in [0.5, 0.6) is 0 Å². The van der Waals surface area contributed by atoms with E-state index in [-0.39, 0.29) is 0 Å². The molecule has 0 unspecified atom stereocenters. The predicted molar refractivity (Wildman–Crippen MR) is 213 cm³/mol. The van der Waals surface area contributed by atoms with E-state index in [2.05, 4.69) is 205 Å². The first-order valence-corrected chi connectivity index (χ1v) is 17.4. The lowest BCUT2D eigenvalue weighted by molar-refractivity contribution is -0.671. The summed E-state index contributed by atoms with van der Waals surface area (Å²) in [6.07, 6.45) is 8.88. The van der Waals surface area contributed by atoms with Crippen molar-refractivity contribution in [3.63, 3.8) is 0 Å². The molecule has 0 radical (unpaired) electrons. The van der Waals surface area contributed by atoms with Gasteiger partial charge in [-0.15, -0.1) is 0 Å². The minimum absolute atomic E-state index is 0.942. The number of fused-ring (bicyclic) bond motifs is 8. The number of hydrogen-bond donors (Lipinski definition) is 0. The summed E-state index contributed by atoms with van der Waals surface area (Å²) in [6.45, 7) is 0. The molecule has 0 amide bonds. The van der Waals surface area contributed by atoms with Crippen molar-refractivity contribution >= 4 is 46.4 Å². The van der Waals surface area contributed by atoms with E-state index in [0.29, 0.717) is 0 Å². The Morgan fingerprint density at radius 2 is 0.706 bits per heavy atom. The summed E-state index contributed by atoms with van der Waals surface area (Å²) in [5.41, 5.74) is 17.8. The molecule has 0 saturated carbocycles. The molecule has 4 aromatic carbocycles. The van der Waals surface area contributed by atoms with Crippen molar-refractivity contribution in [3.8, 4) is 44.5 Å². The zero-order valence-electron chi connectivity index (χ0n) is 29.0. The Bertz CT molecular complexity index is 2680. The van der Waals surface area contributed by atoms with E-state index in [1.165, 1.54) is 22.3 Å². The van der Waals surface area contributed by atoms with Crippen LogP contribution in [0.3, 0.4) is 0 Å². The van der Waals surface area contributed by atoms with Crippen LogP contribution in [0.4, 0.5) is 0 Å². The maximum atomic E-state index is 5.47. The minimum Gasteiger partial charge on any atom is -0.343 e. The molecule has 2 aliphatic rings. The summed E-state index contributed by atoms with van der Waals surface area (Å²) in [4.78, 5) is 5.47. The fourth-order valence-electron chi connectivity index (χ4n) is 7.81. The summed E-state index contributed by atoms with van der Waals surface area (Å²) < 4.78 is 7.04. The predicted octanol–water partition coefficient (Wildman–Crippen LogP) is 10.8. The third-order valence-electron chi connectivity index (χ3n) is 10.3. The first-order chi connectivity index (χ1) is 25.1. The second kappa shape index (κ2) is 12.4. The van der Waals surface area contributed by atoms with Gasteiger partial charge in [0.15, 0.2) is 0 Å². The molecule has 0 saturated heterocycles. The van der Waals surface area contributed by atoms with Crippen LogP contribution in [0.25, 0.3) is 90.9 Å². The molecule has 2 aliphatic heterocycles. The Morgan fingerprint density at radius 1 is 0.373 bits per heavy atom. The second-order valence-corrected chi connectivity index (χ2v) is 13.2. The van der Waals surface area contributed by atoms with E-state index in [1.807, 2.05) is 0 Å². The number of hydrogen-bond acceptors (Lipinski definition) is 1. The van der Waals surface area contributed by atoms with Gasteiger partial charge in [-0.2, -0.15) is 4.57 Å². The van der Waals surface area contributed by atoms with E-state index < -0.39 is 0 Å². The quantitative estimate of drug-likeness (QED) is 0.173. The smallest absolute Gasteiger partial charge is 0.215 e. The van der Waals surface area contributed by atoms with E-state index in [9.17, 15) is 0 Å². The minimum atomic E-state index is 0.942. The molecule has 244 valence electrons. The topological polar surface area (TPSA) is 26.6 Å². The third kappa shape index (κ3) is 5.07. The molecule has 0 fully saturated rings. The summed E-state index contributed by atoms with van der Waals surface area (Å²) in [6, 6.07) is 51.9. The molecule has 8 bridgehead atoms. The van der Waals surface area contributed by atoms with Gasteiger partial charge in [0.2, 0.25) is 11.4 Å². The summed E-state index contributed by atoms with van der Waals surface area (Å²) in [7, 11) is 6.56. The first-order valence-electron chi connectivity index (χ1n) is 17.4. The molecule has 0 atom stereocenters. The molecule has 3 aromatic heterocycles. The van der Waals surface area contributed by atoms with Crippen LogP contribution in [0.15, 0.2) is 146 Å². The Labute approximate surface area is 298 Å². The van der Waals surface area contributed by atoms with E-state index in [1.54, 1.807) is 0 Å². The fourth-order valence-corrected chi connectivity index (χ4v) is 7.81. The number of aryl methyl sites for hydroxylation is 2. The van der Waals surface area contributed by atoms with Crippen LogP contribution < -0.4 is 4.57 Å². The van der Waals surface area contributed by atoms with Crippen LogP contribution in [0.2, 0.25) is 0 Å². The Balaban J connectivity index is 1.55. The standard InChI is InChI=1S/C47H37N4/c1-49-38-26-28-40(49)46(34-20-12-6-13-21-34)42-30-31-43(51(42)3)47(35-22-14-7-15-23-35)41-29-27-39(50(41)2)45(33-18-10-5-11-19-33)37-25-24-36(48-37)44(38)32-16-8-4-9-17-32/h4-31H,1-3H3/q+1. The lowest BCUT2D eigenvalue weighted by Crippen LogP contribution is -2.33. The SMILES string of the molecule is Cn1c2ccc1c(-c1ccccc1)c1ccc(c(-c3ccccc3)c3[n+](C)c(c(-c4ccccc4)c4nc(c2-c2ccccc2)C=C4)C=C3)n1C. The Hall–Kier alpha value is -6.52. The summed E-state index contributed by atoms with van der Waals surface area (Å²) in [5, 5.41) is 0. The van der Waals surface area contributed by atoms with Crippen molar-refractivity contribution in [1.29, 1.82) is 0 Å². The van der Waals surface area contributed by atoms with Crippen LogP contribution in [0, 0.1) is 0 Å². The van der Waals surface area contributed by atoms with Crippen molar-refractivity contribution in [2.75, 3.05) is 0 Å². The fraction of sp³-hybridized carbons (Fsp3) is 0.0638. The Kier molecular flexibility index (Phi) is 7.44. The van der Waals surface area contributed by atoms with E-state index in [0.717, 1.165) is 67.1 Å². The van der Waals surface area contributed by atoms with Gasteiger partial charge in [-0.1, -0.05) is 121 Å². The van der Waals surface area contributed by atoms with Crippen molar-refractivity contribution in [3.05, 3.63) is 168 Å². The van der Waals surface area contributed by atoms with E-state index >= 15 is 0 Å². The zero-order valence-corrected chi connectivity index (χ0v) is 29.0. The molecule has 0 aliphatic carbocycles. The third-order valence-corrected chi connectivity index (χ3v) is 10.3. The van der Waals surface area contributed by atoms with Gasteiger partial charge in [0.1, 0.15) is 7.05 Å².